The quantitative estimate of drug-likeness (QED) is 0.765. The Bertz CT molecular complexity index is 470. The van der Waals surface area contributed by atoms with Crippen molar-refractivity contribution in [2.24, 2.45) is 11.8 Å². The number of Topliss-reactive ketones (excluding diaryl/α,β-unsaturated/α-hetero) is 1. The maximum Gasteiger partial charge on any atom is 0.169 e. The highest BCUT2D eigenvalue weighted by molar-refractivity contribution is 6.00. The Labute approximate surface area is 115 Å². The van der Waals surface area contributed by atoms with Crippen LogP contribution in [0.15, 0.2) is 18.2 Å². The van der Waals surface area contributed by atoms with E-state index in [1.165, 1.54) is 24.8 Å². The largest absolute Gasteiger partial charge is 0.492 e. The molecule has 0 radical (unpaired) electrons. The van der Waals surface area contributed by atoms with Crippen molar-refractivity contribution in [3.8, 4) is 5.75 Å². The number of para-hydroxylation sites is 1. The molecule has 1 aromatic rings. The van der Waals surface area contributed by atoms with Crippen molar-refractivity contribution in [3.05, 3.63) is 29.3 Å². The van der Waals surface area contributed by atoms with Crippen LogP contribution in [0, 0.1) is 11.8 Å². The fourth-order valence-corrected chi connectivity index (χ4v) is 3.46. The van der Waals surface area contributed by atoms with E-state index in [2.05, 4.69) is 13.0 Å². The Kier molecular flexibility index (Phi) is 3.58. The average molecular weight is 258 g/mol. The highest BCUT2D eigenvalue weighted by atomic mass is 16.5. The Hall–Kier alpha value is -1.31. The first-order chi connectivity index (χ1) is 9.29. The molecule has 0 amide bonds. The minimum atomic E-state index is 0.221. The van der Waals surface area contributed by atoms with Crippen molar-refractivity contribution < 1.29 is 9.53 Å². The van der Waals surface area contributed by atoms with Gasteiger partial charge >= 0.3 is 0 Å². The van der Waals surface area contributed by atoms with Crippen LogP contribution >= 0.6 is 0 Å². The van der Waals surface area contributed by atoms with Gasteiger partial charge in [-0.2, -0.15) is 0 Å². The third-order valence-corrected chi connectivity index (χ3v) is 4.77. The second-order valence-corrected chi connectivity index (χ2v) is 5.88. The third kappa shape index (κ3) is 2.41. The zero-order chi connectivity index (χ0) is 13.2. The highest BCUT2D eigenvalue weighted by Gasteiger charge is 2.29. The van der Waals surface area contributed by atoms with E-state index in [1.807, 2.05) is 12.1 Å². The van der Waals surface area contributed by atoms with Gasteiger partial charge in [-0.15, -0.1) is 0 Å². The van der Waals surface area contributed by atoms with E-state index in [0.717, 1.165) is 43.1 Å². The number of ketones is 1. The van der Waals surface area contributed by atoms with Crippen molar-refractivity contribution in [2.75, 3.05) is 6.61 Å². The molecule has 0 spiro atoms. The molecule has 102 valence electrons. The standard InChI is InChI=1S/C17H22O2/c1-2-12-6-8-13(9-7-12)16(18)15-5-3-4-14-10-11-19-17(14)15/h3-5,12-13H,2,6-11H2,1H3. The first kappa shape index (κ1) is 12.7. The van der Waals surface area contributed by atoms with Crippen LogP contribution in [0.2, 0.25) is 0 Å². The molecular formula is C17H22O2. The molecule has 0 unspecified atom stereocenters. The number of hydrogen-bond acceptors (Lipinski definition) is 2. The van der Waals surface area contributed by atoms with Crippen molar-refractivity contribution in [3.63, 3.8) is 0 Å². The Morgan fingerprint density at radius 3 is 2.79 bits per heavy atom. The van der Waals surface area contributed by atoms with Crippen molar-refractivity contribution in [2.45, 2.75) is 45.4 Å². The molecule has 0 aromatic heterocycles. The van der Waals surface area contributed by atoms with Crippen LogP contribution in [0.1, 0.15) is 54.9 Å². The summed E-state index contributed by atoms with van der Waals surface area (Å²) in [5.74, 6) is 2.23. The zero-order valence-corrected chi connectivity index (χ0v) is 11.7. The predicted molar refractivity (Wildman–Crippen MR) is 75.7 cm³/mol. The Morgan fingerprint density at radius 2 is 2.05 bits per heavy atom. The number of hydrogen-bond donors (Lipinski definition) is 0. The number of rotatable bonds is 3. The second kappa shape index (κ2) is 5.36. The van der Waals surface area contributed by atoms with Crippen molar-refractivity contribution in [1.82, 2.24) is 0 Å². The molecule has 2 aliphatic rings. The monoisotopic (exact) mass is 258 g/mol. The van der Waals surface area contributed by atoms with Gasteiger partial charge in [0.05, 0.1) is 12.2 Å². The molecule has 3 rings (SSSR count). The lowest BCUT2D eigenvalue weighted by atomic mass is 9.77. The summed E-state index contributed by atoms with van der Waals surface area (Å²) in [5, 5.41) is 0. The van der Waals surface area contributed by atoms with E-state index in [9.17, 15) is 4.79 Å². The number of ether oxygens (including phenoxy) is 1. The summed E-state index contributed by atoms with van der Waals surface area (Å²) in [6, 6.07) is 6.02. The molecule has 0 atom stereocenters. The van der Waals surface area contributed by atoms with E-state index < -0.39 is 0 Å². The van der Waals surface area contributed by atoms with Gasteiger partial charge in [-0.05, 0) is 43.2 Å². The van der Waals surface area contributed by atoms with Crippen LogP contribution in [0.4, 0.5) is 0 Å². The summed E-state index contributed by atoms with van der Waals surface area (Å²) in [7, 11) is 0. The normalized spacial score (nSPS) is 25.7. The second-order valence-electron chi connectivity index (χ2n) is 5.88. The predicted octanol–water partition coefficient (Wildman–Crippen LogP) is 4.02. The van der Waals surface area contributed by atoms with E-state index in [4.69, 9.17) is 4.74 Å². The topological polar surface area (TPSA) is 26.3 Å². The van der Waals surface area contributed by atoms with E-state index >= 15 is 0 Å². The van der Waals surface area contributed by atoms with Crippen LogP contribution in [0.5, 0.6) is 5.75 Å². The summed E-state index contributed by atoms with van der Waals surface area (Å²) < 4.78 is 5.66. The molecule has 0 saturated heterocycles. The first-order valence-electron chi connectivity index (χ1n) is 7.58. The summed E-state index contributed by atoms with van der Waals surface area (Å²) in [6.07, 6.45) is 6.73. The SMILES string of the molecule is CCC1CCC(C(=O)c2cccc3c2OCC3)CC1. The van der Waals surface area contributed by atoms with Crippen LogP contribution in [-0.2, 0) is 6.42 Å². The van der Waals surface area contributed by atoms with Crippen molar-refractivity contribution >= 4 is 5.78 Å². The van der Waals surface area contributed by atoms with Gasteiger partial charge in [0.2, 0.25) is 0 Å². The lowest BCUT2D eigenvalue weighted by Crippen LogP contribution is -2.22. The van der Waals surface area contributed by atoms with Crippen LogP contribution in [0.3, 0.4) is 0 Å². The van der Waals surface area contributed by atoms with Gasteiger partial charge in [0, 0.05) is 12.3 Å². The minimum absolute atomic E-state index is 0.221. The van der Waals surface area contributed by atoms with Gasteiger partial charge in [-0.3, -0.25) is 4.79 Å². The maximum atomic E-state index is 12.7. The van der Waals surface area contributed by atoms with E-state index in [0.29, 0.717) is 5.78 Å². The highest BCUT2D eigenvalue weighted by Crippen LogP contribution is 2.36. The molecular weight excluding hydrogens is 236 g/mol. The molecule has 0 bridgehead atoms. The molecule has 1 aromatic carbocycles. The Balaban J connectivity index is 1.76. The molecule has 1 aliphatic heterocycles. The Morgan fingerprint density at radius 1 is 1.26 bits per heavy atom. The third-order valence-electron chi connectivity index (χ3n) is 4.77. The first-order valence-corrected chi connectivity index (χ1v) is 7.58. The summed E-state index contributed by atoms with van der Waals surface area (Å²) in [5.41, 5.74) is 2.03. The lowest BCUT2D eigenvalue weighted by Gasteiger charge is -2.27. The number of carbonyl (C=O) groups is 1. The molecule has 1 aliphatic carbocycles. The molecule has 2 heteroatoms. The van der Waals surface area contributed by atoms with Crippen LogP contribution < -0.4 is 4.74 Å². The van der Waals surface area contributed by atoms with E-state index in [-0.39, 0.29) is 5.92 Å². The average Bonchev–Trinajstić information content (AvgIpc) is 2.95. The van der Waals surface area contributed by atoms with E-state index in [1.54, 1.807) is 0 Å². The fourth-order valence-electron chi connectivity index (χ4n) is 3.46. The molecule has 1 heterocycles. The summed E-state index contributed by atoms with van der Waals surface area (Å²) >= 11 is 0. The molecule has 19 heavy (non-hydrogen) atoms. The number of carbonyl (C=O) groups excluding carboxylic acids is 1. The number of benzene rings is 1. The zero-order valence-electron chi connectivity index (χ0n) is 11.7. The molecule has 1 fully saturated rings. The molecule has 2 nitrogen and oxygen atoms in total. The summed E-state index contributed by atoms with van der Waals surface area (Å²) in [4.78, 5) is 12.7. The maximum absolute atomic E-state index is 12.7. The van der Waals surface area contributed by atoms with Gasteiger partial charge in [0.25, 0.3) is 0 Å². The van der Waals surface area contributed by atoms with Crippen LogP contribution in [-0.4, -0.2) is 12.4 Å². The number of fused-ring (bicyclic) bond motifs is 1. The minimum Gasteiger partial charge on any atom is -0.492 e. The lowest BCUT2D eigenvalue weighted by molar-refractivity contribution is 0.0868. The van der Waals surface area contributed by atoms with Gasteiger partial charge in [0.1, 0.15) is 5.75 Å². The van der Waals surface area contributed by atoms with Crippen LogP contribution in [0.25, 0.3) is 0 Å². The van der Waals surface area contributed by atoms with Gasteiger partial charge in [-0.25, -0.2) is 0 Å². The van der Waals surface area contributed by atoms with Gasteiger partial charge in [-0.1, -0.05) is 25.5 Å². The fraction of sp³-hybridized carbons (Fsp3) is 0.588. The van der Waals surface area contributed by atoms with Gasteiger partial charge in [0.15, 0.2) is 5.78 Å². The van der Waals surface area contributed by atoms with Gasteiger partial charge < -0.3 is 4.74 Å². The van der Waals surface area contributed by atoms with Crippen molar-refractivity contribution in [1.29, 1.82) is 0 Å². The molecule has 1 saturated carbocycles. The smallest absolute Gasteiger partial charge is 0.169 e. The molecule has 0 N–H and O–H groups in total. The summed E-state index contributed by atoms with van der Waals surface area (Å²) in [6.45, 7) is 2.98.